The van der Waals surface area contributed by atoms with Gasteiger partial charge >= 0.3 is 0 Å². The highest BCUT2D eigenvalue weighted by molar-refractivity contribution is 8.13. The van der Waals surface area contributed by atoms with Crippen molar-refractivity contribution in [2.24, 2.45) is 0 Å². The molecule has 0 amide bonds. The number of aromatic hydroxyl groups is 1. The van der Waals surface area contributed by atoms with Gasteiger partial charge in [0.25, 0.3) is 0 Å². The van der Waals surface area contributed by atoms with Crippen LogP contribution in [-0.2, 0) is 14.8 Å². The van der Waals surface area contributed by atoms with E-state index in [1.165, 1.54) is 12.1 Å². The summed E-state index contributed by atoms with van der Waals surface area (Å²) in [6.45, 7) is 0.0614. The van der Waals surface area contributed by atoms with E-state index in [1.54, 1.807) is 0 Å². The number of hydrogen-bond donors (Lipinski definition) is 1. The van der Waals surface area contributed by atoms with Crippen molar-refractivity contribution >= 4 is 19.7 Å². The van der Waals surface area contributed by atoms with Crippen LogP contribution in [0.25, 0.3) is 0 Å². The van der Waals surface area contributed by atoms with E-state index in [4.69, 9.17) is 20.2 Å². The van der Waals surface area contributed by atoms with E-state index < -0.39 is 14.8 Å². The lowest BCUT2D eigenvalue weighted by molar-refractivity contribution is 0.174. The van der Waals surface area contributed by atoms with Gasteiger partial charge in [-0.05, 0) is 6.07 Å². The molecule has 15 heavy (non-hydrogen) atoms. The van der Waals surface area contributed by atoms with Gasteiger partial charge < -0.3 is 14.6 Å². The number of hydrogen-bond acceptors (Lipinski definition) is 5. The van der Waals surface area contributed by atoms with Crippen molar-refractivity contribution in [2.45, 2.75) is 5.75 Å². The molecule has 0 unspecified atom stereocenters. The van der Waals surface area contributed by atoms with E-state index in [9.17, 15) is 13.5 Å². The van der Waals surface area contributed by atoms with E-state index in [0.717, 1.165) is 0 Å². The highest BCUT2D eigenvalue weighted by Gasteiger charge is 2.19. The van der Waals surface area contributed by atoms with Gasteiger partial charge in [-0.1, -0.05) is 0 Å². The second-order valence-electron chi connectivity index (χ2n) is 3.02. The Morgan fingerprint density at radius 3 is 2.53 bits per heavy atom. The third kappa shape index (κ3) is 2.27. The molecule has 1 aromatic carbocycles. The van der Waals surface area contributed by atoms with E-state index in [0.29, 0.717) is 11.5 Å². The Balaban J connectivity index is 2.41. The largest absolute Gasteiger partial charge is 0.507 e. The highest BCUT2D eigenvalue weighted by atomic mass is 35.7. The third-order valence-corrected chi connectivity index (χ3v) is 2.88. The monoisotopic (exact) mass is 250 g/mol. The van der Waals surface area contributed by atoms with Crippen LogP contribution < -0.4 is 9.47 Å². The van der Waals surface area contributed by atoms with E-state index in [1.807, 2.05) is 0 Å². The molecule has 1 heterocycles. The smallest absolute Gasteiger partial charge is 0.236 e. The molecule has 5 nitrogen and oxygen atoms in total. The van der Waals surface area contributed by atoms with Gasteiger partial charge in [-0.15, -0.1) is 0 Å². The number of benzene rings is 1. The van der Waals surface area contributed by atoms with Gasteiger partial charge in [0.1, 0.15) is 5.75 Å². The Labute approximate surface area is 90.6 Å². The molecule has 0 bridgehead atoms. The SMILES string of the molecule is O=S(=O)(Cl)Cc1cc2c(cc1O)OCO2. The molecule has 7 heteroatoms. The van der Waals surface area contributed by atoms with Crippen molar-refractivity contribution in [1.29, 1.82) is 0 Å². The fourth-order valence-electron chi connectivity index (χ4n) is 1.27. The molecule has 0 aromatic heterocycles. The van der Waals surface area contributed by atoms with Crippen LogP contribution in [0.5, 0.6) is 17.2 Å². The van der Waals surface area contributed by atoms with Crippen LogP contribution in [0.15, 0.2) is 12.1 Å². The molecule has 0 atom stereocenters. The Morgan fingerprint density at radius 1 is 1.33 bits per heavy atom. The molecule has 0 saturated heterocycles. The van der Waals surface area contributed by atoms with Crippen molar-refractivity contribution in [3.8, 4) is 17.2 Å². The molecule has 82 valence electrons. The molecule has 1 aliphatic rings. The van der Waals surface area contributed by atoms with Crippen LogP contribution in [0.4, 0.5) is 0 Å². The van der Waals surface area contributed by atoms with Crippen LogP contribution in [0.3, 0.4) is 0 Å². The fraction of sp³-hybridized carbons (Fsp3) is 0.250. The van der Waals surface area contributed by atoms with Gasteiger partial charge in [-0.25, -0.2) is 8.42 Å². The van der Waals surface area contributed by atoms with Crippen LogP contribution in [-0.4, -0.2) is 20.3 Å². The van der Waals surface area contributed by atoms with Crippen molar-refractivity contribution in [3.05, 3.63) is 17.7 Å². The summed E-state index contributed by atoms with van der Waals surface area (Å²) in [5.41, 5.74) is 0.189. The predicted octanol–water partition coefficient (Wildman–Crippen LogP) is 1.19. The van der Waals surface area contributed by atoms with Crippen molar-refractivity contribution in [2.75, 3.05) is 6.79 Å². The predicted molar refractivity (Wildman–Crippen MR) is 52.7 cm³/mol. The summed E-state index contributed by atoms with van der Waals surface area (Å²) in [5, 5.41) is 9.48. The standard InChI is InChI=1S/C8H7ClO5S/c9-15(11,12)3-5-1-7-8(2-6(5)10)14-4-13-7/h1-2,10H,3-4H2. The minimum atomic E-state index is -3.70. The summed E-state index contributed by atoms with van der Waals surface area (Å²) in [7, 11) is 1.38. The summed E-state index contributed by atoms with van der Waals surface area (Å²) < 4.78 is 31.7. The van der Waals surface area contributed by atoms with E-state index >= 15 is 0 Å². The Morgan fingerprint density at radius 2 is 1.93 bits per heavy atom. The van der Waals surface area contributed by atoms with Gasteiger partial charge in [0.2, 0.25) is 15.8 Å². The highest BCUT2D eigenvalue weighted by Crippen LogP contribution is 2.38. The molecular formula is C8H7ClO5S. The van der Waals surface area contributed by atoms with Gasteiger partial charge in [-0.3, -0.25) is 0 Å². The molecule has 1 aliphatic heterocycles. The van der Waals surface area contributed by atoms with Gasteiger partial charge in [0, 0.05) is 22.3 Å². The average Bonchev–Trinajstić information content (AvgIpc) is 2.49. The summed E-state index contributed by atoms with van der Waals surface area (Å²) in [5.74, 6) is 0.173. The number of phenolic OH excluding ortho intramolecular Hbond substituents is 1. The Hall–Kier alpha value is -1.14. The molecule has 0 saturated carbocycles. The summed E-state index contributed by atoms with van der Waals surface area (Å²) in [6, 6.07) is 2.71. The second kappa shape index (κ2) is 3.46. The van der Waals surface area contributed by atoms with Crippen molar-refractivity contribution < 1.29 is 23.0 Å². The van der Waals surface area contributed by atoms with Crippen molar-refractivity contribution in [3.63, 3.8) is 0 Å². The lowest BCUT2D eigenvalue weighted by atomic mass is 10.2. The Bertz CT molecular complexity index is 496. The van der Waals surface area contributed by atoms with Gasteiger partial charge in [0.15, 0.2) is 11.5 Å². The first-order chi connectivity index (χ1) is 6.96. The summed E-state index contributed by atoms with van der Waals surface area (Å²) in [4.78, 5) is 0. The zero-order chi connectivity index (χ0) is 11.1. The molecule has 0 aliphatic carbocycles. The third-order valence-electron chi connectivity index (χ3n) is 1.90. The molecule has 1 N–H and O–H groups in total. The maximum absolute atomic E-state index is 10.8. The van der Waals surface area contributed by atoms with Crippen LogP contribution in [0, 0.1) is 0 Å². The first-order valence-corrected chi connectivity index (χ1v) is 6.47. The maximum Gasteiger partial charge on any atom is 0.236 e. The normalized spacial score (nSPS) is 14.2. The van der Waals surface area contributed by atoms with E-state index in [-0.39, 0.29) is 18.1 Å². The summed E-state index contributed by atoms with van der Waals surface area (Å²) in [6.07, 6.45) is 0. The zero-order valence-corrected chi connectivity index (χ0v) is 9.01. The zero-order valence-electron chi connectivity index (χ0n) is 7.44. The van der Waals surface area contributed by atoms with Crippen LogP contribution in [0.2, 0.25) is 0 Å². The van der Waals surface area contributed by atoms with Crippen LogP contribution in [0.1, 0.15) is 5.56 Å². The second-order valence-corrected chi connectivity index (χ2v) is 5.79. The quantitative estimate of drug-likeness (QED) is 0.798. The minimum absolute atomic E-state index is 0.0614. The topological polar surface area (TPSA) is 72.8 Å². The lowest BCUT2D eigenvalue weighted by Gasteiger charge is -2.03. The maximum atomic E-state index is 10.8. The molecular weight excluding hydrogens is 244 g/mol. The summed E-state index contributed by atoms with van der Waals surface area (Å²) >= 11 is 0. The number of fused-ring (bicyclic) bond motifs is 1. The Kier molecular flexibility index (Phi) is 2.40. The van der Waals surface area contributed by atoms with Crippen molar-refractivity contribution in [1.82, 2.24) is 0 Å². The molecule has 0 fully saturated rings. The number of rotatable bonds is 2. The first kappa shape index (κ1) is 10.4. The average molecular weight is 251 g/mol. The molecule has 0 radical (unpaired) electrons. The van der Waals surface area contributed by atoms with Crippen LogP contribution >= 0.6 is 10.7 Å². The molecule has 2 rings (SSSR count). The number of halogens is 1. The van der Waals surface area contributed by atoms with Gasteiger partial charge in [0.05, 0.1) is 5.75 Å². The number of phenols is 1. The molecule has 0 spiro atoms. The van der Waals surface area contributed by atoms with E-state index in [2.05, 4.69) is 0 Å². The van der Waals surface area contributed by atoms with Gasteiger partial charge in [-0.2, -0.15) is 0 Å². The first-order valence-electron chi connectivity index (χ1n) is 3.99. The molecule has 1 aromatic rings. The number of ether oxygens (including phenoxy) is 2. The fourth-order valence-corrected chi connectivity index (χ4v) is 2.23. The minimum Gasteiger partial charge on any atom is -0.507 e. The lowest BCUT2D eigenvalue weighted by Crippen LogP contribution is -1.95.